The summed E-state index contributed by atoms with van der Waals surface area (Å²) in [7, 11) is -3.69. The molecule has 0 radical (unpaired) electrons. The van der Waals surface area contributed by atoms with E-state index in [2.05, 4.69) is 4.72 Å². The minimum atomic E-state index is -3.69. The van der Waals surface area contributed by atoms with Crippen LogP contribution in [-0.4, -0.2) is 21.6 Å². The van der Waals surface area contributed by atoms with Crippen molar-refractivity contribution in [3.63, 3.8) is 0 Å². The van der Waals surface area contributed by atoms with Gasteiger partial charge in [0.2, 0.25) is 10.0 Å². The molecule has 0 aliphatic rings. The molecule has 8 heteroatoms. The predicted molar refractivity (Wildman–Crippen MR) is 94.6 cm³/mol. The van der Waals surface area contributed by atoms with Crippen molar-refractivity contribution in [2.45, 2.75) is 4.90 Å². The first-order valence-corrected chi connectivity index (χ1v) is 9.22. The van der Waals surface area contributed by atoms with Gasteiger partial charge in [0.05, 0.1) is 4.90 Å². The minimum absolute atomic E-state index is 0.0836. The van der Waals surface area contributed by atoms with Crippen molar-refractivity contribution in [1.82, 2.24) is 4.72 Å². The zero-order valence-electron chi connectivity index (χ0n) is 12.9. The zero-order chi connectivity index (χ0) is 17.9. The van der Waals surface area contributed by atoms with Gasteiger partial charge in [0.25, 0.3) is 0 Å². The van der Waals surface area contributed by atoms with Gasteiger partial charge in [-0.15, -0.1) is 0 Å². The number of rotatable bonds is 6. The van der Waals surface area contributed by atoms with Gasteiger partial charge >= 0.3 is 5.63 Å². The number of hydrogen-bond donors (Lipinski definition) is 1. The van der Waals surface area contributed by atoms with Crippen molar-refractivity contribution < 1.29 is 17.6 Å². The average molecular weight is 380 g/mol. The highest BCUT2D eigenvalue weighted by atomic mass is 35.5. The molecular weight excluding hydrogens is 366 g/mol. The Morgan fingerprint density at radius 3 is 2.56 bits per heavy atom. The van der Waals surface area contributed by atoms with E-state index in [4.69, 9.17) is 20.8 Å². The summed E-state index contributed by atoms with van der Waals surface area (Å²) in [5.74, 6) is 0.601. The first-order chi connectivity index (χ1) is 11.9. The van der Waals surface area contributed by atoms with Crippen molar-refractivity contribution in [3.05, 3.63) is 70.0 Å². The molecule has 3 aromatic rings. The fourth-order valence-electron chi connectivity index (χ4n) is 2.18. The molecule has 0 amide bonds. The molecule has 2 aromatic carbocycles. The fraction of sp³-hybridized carbons (Fsp3) is 0.118. The lowest BCUT2D eigenvalue weighted by Gasteiger charge is -2.09. The monoisotopic (exact) mass is 379 g/mol. The van der Waals surface area contributed by atoms with Crippen molar-refractivity contribution >= 4 is 32.6 Å². The van der Waals surface area contributed by atoms with Gasteiger partial charge in [-0.2, -0.15) is 0 Å². The van der Waals surface area contributed by atoms with Crippen LogP contribution in [0, 0.1) is 0 Å². The SMILES string of the molecule is O=c1ccc2cc(S(=O)(=O)NCCOc3ccc(Cl)cc3)ccc2o1. The van der Waals surface area contributed by atoms with E-state index in [1.165, 1.54) is 30.3 Å². The van der Waals surface area contributed by atoms with Crippen molar-refractivity contribution in [2.24, 2.45) is 0 Å². The lowest BCUT2D eigenvalue weighted by Crippen LogP contribution is -2.28. The Bertz CT molecular complexity index is 1040. The number of sulfonamides is 1. The number of fused-ring (bicyclic) bond motifs is 1. The highest BCUT2D eigenvalue weighted by Crippen LogP contribution is 2.18. The molecule has 1 aromatic heterocycles. The van der Waals surface area contributed by atoms with Gasteiger partial charge < -0.3 is 9.15 Å². The second kappa shape index (κ2) is 7.26. The van der Waals surface area contributed by atoms with Crippen LogP contribution >= 0.6 is 11.6 Å². The van der Waals surface area contributed by atoms with Crippen molar-refractivity contribution in [2.75, 3.05) is 13.2 Å². The molecule has 0 atom stereocenters. The van der Waals surface area contributed by atoms with E-state index in [1.807, 2.05) is 0 Å². The van der Waals surface area contributed by atoms with Crippen LogP contribution in [0.1, 0.15) is 0 Å². The van der Waals surface area contributed by atoms with Crippen LogP contribution in [0.15, 0.2) is 68.7 Å². The summed E-state index contributed by atoms with van der Waals surface area (Å²) in [4.78, 5) is 11.2. The lowest BCUT2D eigenvalue weighted by atomic mass is 10.2. The maximum absolute atomic E-state index is 12.3. The molecule has 0 saturated carbocycles. The maximum atomic E-state index is 12.3. The van der Waals surface area contributed by atoms with Gasteiger partial charge in [-0.1, -0.05) is 11.6 Å². The zero-order valence-corrected chi connectivity index (χ0v) is 14.5. The number of ether oxygens (including phenoxy) is 1. The Balaban J connectivity index is 1.64. The van der Waals surface area contributed by atoms with Crippen LogP contribution in [0.4, 0.5) is 0 Å². The predicted octanol–water partition coefficient (Wildman–Crippen LogP) is 2.80. The standard InChI is InChI=1S/C17H14ClNO5S/c18-13-2-4-14(5-3-13)23-10-9-19-25(21,22)15-6-7-16-12(11-15)1-8-17(20)24-16/h1-8,11,19H,9-10H2. The molecule has 0 bridgehead atoms. The molecule has 3 rings (SSSR count). The van der Waals surface area contributed by atoms with E-state index in [1.54, 1.807) is 24.3 Å². The Morgan fingerprint density at radius 1 is 1.04 bits per heavy atom. The maximum Gasteiger partial charge on any atom is 0.336 e. The molecule has 0 aliphatic carbocycles. The number of benzene rings is 2. The molecule has 25 heavy (non-hydrogen) atoms. The van der Waals surface area contributed by atoms with E-state index < -0.39 is 15.6 Å². The van der Waals surface area contributed by atoms with E-state index in [0.717, 1.165) is 0 Å². The third kappa shape index (κ3) is 4.39. The van der Waals surface area contributed by atoms with Crippen molar-refractivity contribution in [3.8, 4) is 5.75 Å². The minimum Gasteiger partial charge on any atom is -0.492 e. The molecule has 1 N–H and O–H groups in total. The van der Waals surface area contributed by atoms with Crippen LogP contribution in [0.2, 0.25) is 5.02 Å². The molecule has 6 nitrogen and oxygen atoms in total. The van der Waals surface area contributed by atoms with Crippen LogP contribution < -0.4 is 15.1 Å². The van der Waals surface area contributed by atoms with E-state index >= 15 is 0 Å². The second-order valence-corrected chi connectivity index (χ2v) is 7.36. The summed E-state index contributed by atoms with van der Waals surface area (Å²) < 4.78 is 37.5. The summed E-state index contributed by atoms with van der Waals surface area (Å²) >= 11 is 5.78. The lowest BCUT2D eigenvalue weighted by molar-refractivity contribution is 0.323. The molecular formula is C17H14ClNO5S. The van der Waals surface area contributed by atoms with Crippen molar-refractivity contribution in [1.29, 1.82) is 0 Å². The third-order valence-corrected chi connectivity index (χ3v) is 5.09. The first-order valence-electron chi connectivity index (χ1n) is 7.36. The molecule has 1 heterocycles. The number of nitrogens with one attached hydrogen (secondary N) is 1. The van der Waals surface area contributed by atoms with Gasteiger partial charge in [-0.05, 0) is 48.5 Å². The van der Waals surface area contributed by atoms with Gasteiger partial charge in [-0.3, -0.25) is 0 Å². The van der Waals surface area contributed by atoms with E-state index in [0.29, 0.717) is 21.7 Å². The largest absolute Gasteiger partial charge is 0.492 e. The molecule has 0 aliphatic heterocycles. The quantitative estimate of drug-likeness (QED) is 0.525. The fourth-order valence-corrected chi connectivity index (χ4v) is 3.35. The topological polar surface area (TPSA) is 85.6 Å². The Hall–Kier alpha value is -2.35. The van der Waals surface area contributed by atoms with Gasteiger partial charge in [0, 0.05) is 23.0 Å². The molecule has 0 fully saturated rings. The first kappa shape index (κ1) is 17.5. The highest BCUT2D eigenvalue weighted by molar-refractivity contribution is 7.89. The number of halogens is 1. The van der Waals surface area contributed by atoms with Crippen LogP contribution in [-0.2, 0) is 10.0 Å². The van der Waals surface area contributed by atoms with Gasteiger partial charge in [-0.25, -0.2) is 17.9 Å². The molecule has 0 saturated heterocycles. The summed E-state index contributed by atoms with van der Waals surface area (Å²) in [6.07, 6.45) is 0. The molecule has 0 spiro atoms. The Labute approximate surface area is 149 Å². The normalized spacial score (nSPS) is 11.6. The Kier molecular flexibility index (Phi) is 5.08. The van der Waals surface area contributed by atoms with Gasteiger partial charge in [0.15, 0.2) is 0 Å². The van der Waals surface area contributed by atoms with Crippen LogP contribution in [0.25, 0.3) is 11.0 Å². The molecule has 0 unspecified atom stereocenters. The van der Waals surface area contributed by atoms with E-state index in [-0.39, 0.29) is 18.0 Å². The van der Waals surface area contributed by atoms with E-state index in [9.17, 15) is 13.2 Å². The smallest absolute Gasteiger partial charge is 0.336 e. The summed E-state index contributed by atoms with van der Waals surface area (Å²) in [6.45, 7) is 0.274. The third-order valence-electron chi connectivity index (χ3n) is 3.38. The second-order valence-electron chi connectivity index (χ2n) is 5.15. The average Bonchev–Trinajstić information content (AvgIpc) is 2.59. The Morgan fingerprint density at radius 2 is 1.80 bits per heavy atom. The summed E-state index contributed by atoms with van der Waals surface area (Å²) in [6, 6.07) is 13.8. The van der Waals surface area contributed by atoms with Gasteiger partial charge in [0.1, 0.15) is 17.9 Å². The number of hydrogen-bond acceptors (Lipinski definition) is 5. The van der Waals surface area contributed by atoms with Crippen LogP contribution in [0.3, 0.4) is 0 Å². The summed E-state index contributed by atoms with van der Waals surface area (Å²) in [5.41, 5.74) is -0.155. The highest BCUT2D eigenvalue weighted by Gasteiger charge is 2.14. The molecule has 130 valence electrons. The summed E-state index contributed by atoms with van der Waals surface area (Å²) in [5, 5.41) is 1.13. The van der Waals surface area contributed by atoms with Crippen LogP contribution in [0.5, 0.6) is 5.75 Å².